The predicted octanol–water partition coefficient (Wildman–Crippen LogP) is 2.63. The first-order valence-corrected chi connectivity index (χ1v) is 6.70. The van der Waals surface area contributed by atoms with Gasteiger partial charge in [0.05, 0.1) is 0 Å². The minimum atomic E-state index is 0.401. The molecule has 1 saturated heterocycles. The Labute approximate surface area is 95.2 Å². The molecule has 2 unspecified atom stereocenters. The van der Waals surface area contributed by atoms with Crippen molar-refractivity contribution in [2.75, 3.05) is 19.6 Å². The van der Waals surface area contributed by atoms with Crippen LogP contribution in [0.25, 0.3) is 0 Å². The largest absolute Gasteiger partial charge is 0.327 e. The van der Waals surface area contributed by atoms with E-state index in [0.29, 0.717) is 6.04 Å². The van der Waals surface area contributed by atoms with Crippen molar-refractivity contribution in [3.8, 4) is 0 Å². The summed E-state index contributed by atoms with van der Waals surface area (Å²) >= 11 is 0. The Morgan fingerprint density at radius 3 is 2.87 bits per heavy atom. The minimum Gasteiger partial charge on any atom is -0.327 e. The Bertz CT molecular complexity index is 159. The summed E-state index contributed by atoms with van der Waals surface area (Å²) in [5.41, 5.74) is 6.13. The van der Waals surface area contributed by atoms with Gasteiger partial charge in [-0.25, -0.2) is 0 Å². The quantitative estimate of drug-likeness (QED) is 0.759. The van der Waals surface area contributed by atoms with Crippen molar-refractivity contribution in [3.05, 3.63) is 0 Å². The lowest BCUT2D eigenvalue weighted by Gasteiger charge is -2.23. The van der Waals surface area contributed by atoms with Crippen LogP contribution in [0, 0.1) is 5.92 Å². The minimum absolute atomic E-state index is 0.401. The summed E-state index contributed by atoms with van der Waals surface area (Å²) < 4.78 is 0. The van der Waals surface area contributed by atoms with Gasteiger partial charge in [-0.3, -0.25) is 0 Å². The summed E-state index contributed by atoms with van der Waals surface area (Å²) in [6, 6.07) is 0.401. The highest BCUT2D eigenvalue weighted by molar-refractivity contribution is 4.72. The van der Waals surface area contributed by atoms with Gasteiger partial charge in [-0.15, -0.1) is 0 Å². The molecular weight excluding hydrogens is 184 g/mol. The first-order chi connectivity index (χ1) is 7.22. The van der Waals surface area contributed by atoms with Gasteiger partial charge in [0, 0.05) is 12.6 Å². The Balaban J connectivity index is 2.18. The van der Waals surface area contributed by atoms with E-state index < -0.39 is 0 Å². The van der Waals surface area contributed by atoms with Gasteiger partial charge in [-0.05, 0) is 44.7 Å². The highest BCUT2D eigenvalue weighted by atomic mass is 15.1. The van der Waals surface area contributed by atoms with Crippen LogP contribution in [0.1, 0.15) is 52.4 Å². The molecule has 0 aromatic rings. The Kier molecular flexibility index (Phi) is 6.26. The SMILES string of the molecule is CCCCC(N)CN1CCCC(C)CC1. The monoisotopic (exact) mass is 212 g/mol. The van der Waals surface area contributed by atoms with Gasteiger partial charge < -0.3 is 10.6 Å². The van der Waals surface area contributed by atoms with Gasteiger partial charge in [-0.2, -0.15) is 0 Å². The highest BCUT2D eigenvalue weighted by Crippen LogP contribution is 2.16. The summed E-state index contributed by atoms with van der Waals surface area (Å²) in [6.07, 6.45) is 7.88. The second kappa shape index (κ2) is 7.24. The molecule has 0 amide bonds. The summed E-state index contributed by atoms with van der Waals surface area (Å²) in [6.45, 7) is 8.26. The molecule has 0 aromatic heterocycles. The van der Waals surface area contributed by atoms with E-state index in [1.807, 2.05) is 0 Å². The van der Waals surface area contributed by atoms with Crippen molar-refractivity contribution >= 4 is 0 Å². The molecule has 1 rings (SSSR count). The summed E-state index contributed by atoms with van der Waals surface area (Å²) in [5.74, 6) is 0.918. The number of hydrogen-bond acceptors (Lipinski definition) is 2. The Hall–Kier alpha value is -0.0800. The number of nitrogens with zero attached hydrogens (tertiary/aromatic N) is 1. The predicted molar refractivity (Wildman–Crippen MR) is 67.0 cm³/mol. The van der Waals surface area contributed by atoms with Crippen molar-refractivity contribution < 1.29 is 0 Å². The van der Waals surface area contributed by atoms with Gasteiger partial charge in [0.15, 0.2) is 0 Å². The standard InChI is InChI=1S/C13H28N2/c1-3-4-7-13(14)11-15-9-5-6-12(2)8-10-15/h12-13H,3-11,14H2,1-2H3. The molecule has 2 atom stereocenters. The first-order valence-electron chi connectivity index (χ1n) is 6.70. The first kappa shape index (κ1) is 13.0. The molecule has 1 heterocycles. The lowest BCUT2D eigenvalue weighted by atomic mass is 10.0. The van der Waals surface area contributed by atoms with E-state index in [2.05, 4.69) is 18.7 Å². The Morgan fingerprint density at radius 2 is 2.13 bits per heavy atom. The fraction of sp³-hybridized carbons (Fsp3) is 1.00. The third-order valence-corrected chi connectivity index (χ3v) is 3.53. The van der Waals surface area contributed by atoms with Crippen molar-refractivity contribution in [2.24, 2.45) is 11.7 Å². The molecule has 1 fully saturated rings. The van der Waals surface area contributed by atoms with Crippen LogP contribution in [0.3, 0.4) is 0 Å². The second-order valence-corrected chi connectivity index (χ2v) is 5.24. The molecule has 15 heavy (non-hydrogen) atoms. The fourth-order valence-corrected chi connectivity index (χ4v) is 2.39. The molecule has 1 aliphatic rings. The van der Waals surface area contributed by atoms with Gasteiger partial charge in [0.25, 0.3) is 0 Å². The van der Waals surface area contributed by atoms with E-state index in [-0.39, 0.29) is 0 Å². The number of unbranched alkanes of at least 4 members (excludes halogenated alkanes) is 1. The van der Waals surface area contributed by atoms with Crippen LogP contribution in [-0.4, -0.2) is 30.6 Å². The molecule has 0 spiro atoms. The van der Waals surface area contributed by atoms with E-state index in [9.17, 15) is 0 Å². The van der Waals surface area contributed by atoms with E-state index >= 15 is 0 Å². The maximum absolute atomic E-state index is 6.13. The summed E-state index contributed by atoms with van der Waals surface area (Å²) in [7, 11) is 0. The van der Waals surface area contributed by atoms with E-state index in [0.717, 1.165) is 12.5 Å². The zero-order valence-electron chi connectivity index (χ0n) is 10.5. The zero-order chi connectivity index (χ0) is 11.1. The molecular formula is C13H28N2. The average molecular weight is 212 g/mol. The third kappa shape index (κ3) is 5.53. The maximum atomic E-state index is 6.13. The maximum Gasteiger partial charge on any atom is 0.0167 e. The van der Waals surface area contributed by atoms with Crippen LogP contribution in [0.2, 0.25) is 0 Å². The van der Waals surface area contributed by atoms with Gasteiger partial charge in [0.1, 0.15) is 0 Å². The second-order valence-electron chi connectivity index (χ2n) is 5.24. The van der Waals surface area contributed by atoms with Gasteiger partial charge in [0.2, 0.25) is 0 Å². The number of likely N-dealkylation sites (tertiary alicyclic amines) is 1. The van der Waals surface area contributed by atoms with Crippen molar-refractivity contribution in [2.45, 2.75) is 58.4 Å². The smallest absolute Gasteiger partial charge is 0.0167 e. The number of nitrogens with two attached hydrogens (primary N) is 1. The van der Waals surface area contributed by atoms with Gasteiger partial charge in [-0.1, -0.05) is 26.7 Å². The van der Waals surface area contributed by atoms with Gasteiger partial charge >= 0.3 is 0 Å². The summed E-state index contributed by atoms with van der Waals surface area (Å²) in [5, 5.41) is 0. The molecule has 0 aromatic carbocycles. The molecule has 0 aliphatic carbocycles. The molecule has 2 heteroatoms. The van der Waals surface area contributed by atoms with E-state index in [1.54, 1.807) is 0 Å². The topological polar surface area (TPSA) is 29.3 Å². The van der Waals surface area contributed by atoms with Crippen molar-refractivity contribution in [1.82, 2.24) is 4.90 Å². The summed E-state index contributed by atoms with van der Waals surface area (Å²) in [4.78, 5) is 2.57. The molecule has 0 saturated carbocycles. The third-order valence-electron chi connectivity index (χ3n) is 3.53. The van der Waals surface area contributed by atoms with E-state index in [1.165, 1.54) is 51.6 Å². The number of rotatable bonds is 5. The number of hydrogen-bond donors (Lipinski definition) is 1. The molecule has 2 N–H and O–H groups in total. The van der Waals surface area contributed by atoms with Crippen LogP contribution in [-0.2, 0) is 0 Å². The van der Waals surface area contributed by atoms with Crippen LogP contribution < -0.4 is 5.73 Å². The molecule has 2 nitrogen and oxygen atoms in total. The average Bonchev–Trinajstić information content (AvgIpc) is 2.41. The van der Waals surface area contributed by atoms with Crippen molar-refractivity contribution in [3.63, 3.8) is 0 Å². The van der Waals surface area contributed by atoms with Crippen LogP contribution >= 0.6 is 0 Å². The zero-order valence-corrected chi connectivity index (χ0v) is 10.5. The van der Waals surface area contributed by atoms with Crippen LogP contribution in [0.15, 0.2) is 0 Å². The highest BCUT2D eigenvalue weighted by Gasteiger charge is 2.15. The lowest BCUT2D eigenvalue weighted by molar-refractivity contribution is 0.258. The fourth-order valence-electron chi connectivity index (χ4n) is 2.39. The Morgan fingerprint density at radius 1 is 1.33 bits per heavy atom. The van der Waals surface area contributed by atoms with Crippen molar-refractivity contribution in [1.29, 1.82) is 0 Å². The normalized spacial score (nSPS) is 26.2. The van der Waals surface area contributed by atoms with Crippen LogP contribution in [0.5, 0.6) is 0 Å². The van der Waals surface area contributed by atoms with E-state index in [4.69, 9.17) is 5.73 Å². The lowest BCUT2D eigenvalue weighted by Crippen LogP contribution is -2.38. The molecule has 0 bridgehead atoms. The van der Waals surface area contributed by atoms with Crippen LogP contribution in [0.4, 0.5) is 0 Å². The molecule has 0 radical (unpaired) electrons. The molecule has 1 aliphatic heterocycles. The molecule has 90 valence electrons.